The van der Waals surface area contributed by atoms with Crippen molar-refractivity contribution in [2.24, 2.45) is 0 Å². The number of hydrogen-bond donors (Lipinski definition) is 0. The van der Waals surface area contributed by atoms with Crippen molar-refractivity contribution in [1.29, 1.82) is 0 Å². The van der Waals surface area contributed by atoms with Crippen molar-refractivity contribution in [2.75, 3.05) is 0 Å². The minimum atomic E-state index is -4.53. The van der Waals surface area contributed by atoms with E-state index >= 15 is 0 Å². The summed E-state index contributed by atoms with van der Waals surface area (Å²) >= 11 is 1.20. The van der Waals surface area contributed by atoms with Gasteiger partial charge in [-0.05, 0) is 36.2 Å². The van der Waals surface area contributed by atoms with E-state index in [1.165, 1.54) is 53.7 Å². The van der Waals surface area contributed by atoms with Gasteiger partial charge in [0.1, 0.15) is 5.82 Å². The lowest BCUT2D eigenvalue weighted by Crippen LogP contribution is -2.22. The van der Waals surface area contributed by atoms with Gasteiger partial charge < -0.3 is 0 Å². The number of aromatic nitrogens is 4. The average molecular weight is 434 g/mol. The predicted octanol–water partition coefficient (Wildman–Crippen LogP) is 4.64. The van der Waals surface area contributed by atoms with Gasteiger partial charge in [0.15, 0.2) is 5.16 Å². The van der Waals surface area contributed by atoms with Crippen LogP contribution in [0.25, 0.3) is 11.3 Å². The van der Waals surface area contributed by atoms with E-state index in [0.717, 1.165) is 10.6 Å². The number of rotatable bonds is 4. The van der Waals surface area contributed by atoms with Gasteiger partial charge in [0.2, 0.25) is 5.65 Å². The Morgan fingerprint density at radius 3 is 2.53 bits per heavy atom. The summed E-state index contributed by atoms with van der Waals surface area (Å²) in [5.74, 6) is -0.0651. The van der Waals surface area contributed by atoms with Crippen LogP contribution in [-0.4, -0.2) is 19.2 Å². The molecule has 2 heterocycles. The Hall–Kier alpha value is -3.14. The minimum absolute atomic E-state index is 0.0367. The van der Waals surface area contributed by atoms with Crippen LogP contribution in [0.1, 0.15) is 16.7 Å². The monoisotopic (exact) mass is 434 g/mol. The molecule has 4 rings (SSSR count). The number of nitrogens with zero attached hydrogens (tertiary/aromatic N) is 4. The van der Waals surface area contributed by atoms with E-state index < -0.39 is 17.3 Å². The molecule has 2 aromatic carbocycles. The van der Waals surface area contributed by atoms with Crippen LogP contribution in [0.3, 0.4) is 0 Å². The molecule has 0 saturated carbocycles. The third kappa shape index (κ3) is 3.58. The molecule has 0 bridgehead atoms. The number of halogens is 4. The molecule has 5 nitrogen and oxygen atoms in total. The highest BCUT2D eigenvalue weighted by atomic mass is 32.2. The third-order valence-electron chi connectivity index (χ3n) is 4.62. The number of benzene rings is 2. The first-order valence-corrected chi connectivity index (χ1v) is 9.75. The van der Waals surface area contributed by atoms with Crippen LogP contribution in [0.4, 0.5) is 17.6 Å². The lowest BCUT2D eigenvalue weighted by Gasteiger charge is -2.15. The van der Waals surface area contributed by atoms with Gasteiger partial charge in [-0.3, -0.25) is 13.8 Å². The van der Waals surface area contributed by atoms with Crippen LogP contribution in [0.2, 0.25) is 0 Å². The SMILES string of the molecule is Cc1c(-n2ccn3c(SCc4ccccc4F)nnc3c2=O)cccc1C(F)(F)F. The number of alkyl halides is 3. The van der Waals surface area contributed by atoms with Gasteiger partial charge in [0.05, 0.1) is 11.3 Å². The summed E-state index contributed by atoms with van der Waals surface area (Å²) in [6, 6.07) is 9.97. The fourth-order valence-corrected chi connectivity index (χ4v) is 4.01. The Kier molecular flexibility index (Phi) is 5.10. The van der Waals surface area contributed by atoms with E-state index in [0.29, 0.717) is 10.7 Å². The van der Waals surface area contributed by atoms with E-state index in [9.17, 15) is 22.4 Å². The molecule has 0 saturated heterocycles. The van der Waals surface area contributed by atoms with Crippen LogP contribution in [0, 0.1) is 12.7 Å². The largest absolute Gasteiger partial charge is 0.416 e. The van der Waals surface area contributed by atoms with Gasteiger partial charge in [-0.1, -0.05) is 36.0 Å². The second kappa shape index (κ2) is 7.60. The molecule has 0 radical (unpaired) electrons. The predicted molar refractivity (Wildman–Crippen MR) is 104 cm³/mol. The second-order valence-corrected chi connectivity index (χ2v) is 7.42. The average Bonchev–Trinajstić information content (AvgIpc) is 3.11. The molecule has 10 heteroatoms. The first kappa shape index (κ1) is 20.1. The van der Waals surface area contributed by atoms with Crippen molar-refractivity contribution < 1.29 is 17.6 Å². The quantitative estimate of drug-likeness (QED) is 0.347. The first-order chi connectivity index (χ1) is 14.3. The molecule has 2 aromatic heterocycles. The summed E-state index contributed by atoms with van der Waals surface area (Å²) in [5, 5.41) is 8.23. The van der Waals surface area contributed by atoms with Crippen molar-refractivity contribution >= 4 is 17.4 Å². The van der Waals surface area contributed by atoms with Gasteiger partial charge in [0, 0.05) is 18.1 Å². The zero-order valence-electron chi connectivity index (χ0n) is 15.5. The molecule has 0 atom stereocenters. The highest BCUT2D eigenvalue weighted by molar-refractivity contribution is 7.98. The molecular weight excluding hydrogens is 420 g/mol. The molecule has 0 fully saturated rings. The smallest absolute Gasteiger partial charge is 0.279 e. The maximum Gasteiger partial charge on any atom is 0.416 e. The zero-order valence-corrected chi connectivity index (χ0v) is 16.3. The lowest BCUT2D eigenvalue weighted by atomic mass is 10.1. The van der Waals surface area contributed by atoms with Crippen molar-refractivity contribution in [2.45, 2.75) is 24.0 Å². The number of hydrogen-bond acceptors (Lipinski definition) is 4. The summed E-state index contributed by atoms with van der Waals surface area (Å²) in [6.45, 7) is 1.31. The molecular formula is C20H14F4N4OS. The fraction of sp³-hybridized carbons (Fsp3) is 0.150. The standard InChI is InChI=1S/C20H14F4N4OS/c1-12-14(20(22,23)24)6-4-8-16(12)27-9-10-28-17(18(27)29)25-26-19(28)30-11-13-5-2-3-7-15(13)21/h2-10H,11H2,1H3. The summed E-state index contributed by atoms with van der Waals surface area (Å²) in [7, 11) is 0. The zero-order chi connectivity index (χ0) is 21.5. The molecule has 0 aliphatic rings. The van der Waals surface area contributed by atoms with E-state index in [-0.39, 0.29) is 28.5 Å². The molecule has 0 aliphatic heterocycles. The second-order valence-electron chi connectivity index (χ2n) is 6.48. The molecule has 0 N–H and O–H groups in total. The Balaban J connectivity index is 1.72. The Bertz CT molecular complexity index is 1300. The topological polar surface area (TPSA) is 52.2 Å². The van der Waals surface area contributed by atoms with Crippen LogP contribution < -0.4 is 5.56 Å². The third-order valence-corrected chi connectivity index (χ3v) is 5.62. The first-order valence-electron chi connectivity index (χ1n) is 8.77. The molecule has 0 aliphatic carbocycles. The van der Waals surface area contributed by atoms with Crippen molar-refractivity contribution in [3.8, 4) is 5.69 Å². The summed E-state index contributed by atoms with van der Waals surface area (Å²) in [6.07, 6.45) is -1.66. The fourth-order valence-electron chi connectivity index (χ4n) is 3.10. The molecule has 0 amide bonds. The van der Waals surface area contributed by atoms with Crippen LogP contribution in [0.15, 0.2) is 64.8 Å². The van der Waals surface area contributed by atoms with Crippen LogP contribution in [-0.2, 0) is 11.9 Å². The lowest BCUT2D eigenvalue weighted by molar-refractivity contribution is -0.138. The normalized spacial score (nSPS) is 11.9. The maximum absolute atomic E-state index is 13.8. The molecule has 154 valence electrons. The Morgan fingerprint density at radius 2 is 1.80 bits per heavy atom. The van der Waals surface area contributed by atoms with Crippen molar-refractivity contribution in [1.82, 2.24) is 19.2 Å². The van der Waals surface area contributed by atoms with Crippen LogP contribution in [0.5, 0.6) is 0 Å². The number of thioether (sulfide) groups is 1. The Labute approximate surface area is 172 Å². The molecule has 4 aromatic rings. The molecule has 0 spiro atoms. The van der Waals surface area contributed by atoms with E-state index in [2.05, 4.69) is 10.2 Å². The van der Waals surface area contributed by atoms with E-state index in [1.54, 1.807) is 18.2 Å². The van der Waals surface area contributed by atoms with E-state index in [4.69, 9.17) is 0 Å². The van der Waals surface area contributed by atoms with Gasteiger partial charge in [-0.2, -0.15) is 13.2 Å². The van der Waals surface area contributed by atoms with Crippen LogP contribution >= 0.6 is 11.8 Å². The summed E-state index contributed by atoms with van der Waals surface area (Å²) < 4.78 is 56.0. The Morgan fingerprint density at radius 1 is 1.03 bits per heavy atom. The van der Waals surface area contributed by atoms with E-state index in [1.807, 2.05) is 0 Å². The van der Waals surface area contributed by atoms with Gasteiger partial charge in [-0.25, -0.2) is 4.39 Å². The minimum Gasteiger partial charge on any atom is -0.279 e. The number of fused-ring (bicyclic) bond motifs is 1. The summed E-state index contributed by atoms with van der Waals surface area (Å²) in [4.78, 5) is 12.9. The molecule has 0 unspecified atom stereocenters. The van der Waals surface area contributed by atoms with Gasteiger partial charge in [-0.15, -0.1) is 10.2 Å². The highest BCUT2D eigenvalue weighted by Gasteiger charge is 2.33. The van der Waals surface area contributed by atoms with Crippen molar-refractivity contribution in [3.63, 3.8) is 0 Å². The maximum atomic E-state index is 13.8. The highest BCUT2D eigenvalue weighted by Crippen LogP contribution is 2.33. The summed E-state index contributed by atoms with van der Waals surface area (Å²) in [5.41, 5.74) is -0.928. The molecule has 30 heavy (non-hydrogen) atoms. The van der Waals surface area contributed by atoms with Gasteiger partial charge in [0.25, 0.3) is 0 Å². The van der Waals surface area contributed by atoms with Crippen molar-refractivity contribution in [3.05, 3.63) is 87.7 Å². The van der Waals surface area contributed by atoms with Gasteiger partial charge >= 0.3 is 11.7 Å².